The Hall–Kier alpha value is -1.15. The molecule has 1 aliphatic heterocycles. The van der Waals surface area contributed by atoms with Gasteiger partial charge >= 0.3 is 0 Å². The number of hydrogen-bond acceptors (Lipinski definition) is 4. The first-order valence-corrected chi connectivity index (χ1v) is 10.5. The number of hydrogen-bond donors (Lipinski definition) is 2. The van der Waals surface area contributed by atoms with Crippen LogP contribution in [0.1, 0.15) is 28.8 Å². The van der Waals surface area contributed by atoms with Gasteiger partial charge in [0.25, 0.3) is 0 Å². The second kappa shape index (κ2) is 5.44. The van der Waals surface area contributed by atoms with Crippen LogP contribution in [0.3, 0.4) is 0 Å². The van der Waals surface area contributed by atoms with E-state index in [1.165, 1.54) is 4.88 Å². The number of sulfonamides is 1. The Morgan fingerprint density at radius 3 is 2.83 bits per heavy atom. The van der Waals surface area contributed by atoms with E-state index < -0.39 is 10.0 Å². The molecule has 0 fully saturated rings. The molecule has 3 N–H and O–H groups in total. The van der Waals surface area contributed by atoms with Gasteiger partial charge in [0.2, 0.25) is 10.0 Å². The summed E-state index contributed by atoms with van der Waals surface area (Å²) in [5.74, 6) is 0.614. The van der Waals surface area contributed by atoms with Crippen molar-refractivity contribution in [3.63, 3.8) is 0 Å². The summed E-state index contributed by atoms with van der Waals surface area (Å²) in [5, 5.41) is 11.0. The fourth-order valence-electron chi connectivity index (χ4n) is 3.52. The van der Waals surface area contributed by atoms with E-state index in [-0.39, 0.29) is 16.9 Å². The largest absolute Gasteiger partial charge is 0.377 e. The molecule has 3 atom stereocenters. The van der Waals surface area contributed by atoms with Crippen LogP contribution in [-0.2, 0) is 10.0 Å². The fraction of sp³-hybridized carbons (Fsp3) is 0.250. The molecule has 0 saturated heterocycles. The number of primary sulfonamides is 1. The van der Waals surface area contributed by atoms with Crippen LogP contribution in [0.2, 0.25) is 0 Å². The van der Waals surface area contributed by atoms with Gasteiger partial charge in [-0.05, 0) is 58.1 Å². The Morgan fingerprint density at radius 2 is 2.13 bits per heavy atom. The van der Waals surface area contributed by atoms with E-state index >= 15 is 0 Å². The number of rotatable bonds is 2. The molecule has 2 heterocycles. The molecule has 4 rings (SSSR count). The molecule has 0 saturated carbocycles. The number of fused-ring (bicyclic) bond motifs is 3. The van der Waals surface area contributed by atoms with E-state index in [0.29, 0.717) is 5.92 Å². The summed E-state index contributed by atoms with van der Waals surface area (Å²) in [6.45, 7) is 0. The summed E-state index contributed by atoms with van der Waals surface area (Å²) in [4.78, 5) is 1.46. The molecule has 120 valence electrons. The highest BCUT2D eigenvalue weighted by Crippen LogP contribution is 2.51. The van der Waals surface area contributed by atoms with Crippen molar-refractivity contribution in [3.8, 4) is 0 Å². The van der Waals surface area contributed by atoms with Gasteiger partial charge in [-0.3, -0.25) is 0 Å². The van der Waals surface area contributed by atoms with Gasteiger partial charge in [-0.1, -0.05) is 12.2 Å². The van der Waals surface area contributed by atoms with E-state index in [0.717, 1.165) is 22.1 Å². The van der Waals surface area contributed by atoms with Gasteiger partial charge in [-0.2, -0.15) is 0 Å². The molecule has 1 aromatic carbocycles. The van der Waals surface area contributed by atoms with Gasteiger partial charge in [-0.25, -0.2) is 13.6 Å². The van der Waals surface area contributed by atoms with Gasteiger partial charge < -0.3 is 5.32 Å². The summed E-state index contributed by atoms with van der Waals surface area (Å²) in [7, 11) is -3.68. The second-order valence-corrected chi connectivity index (χ2v) is 9.36. The molecule has 1 aromatic heterocycles. The highest BCUT2D eigenvalue weighted by Gasteiger charge is 2.38. The van der Waals surface area contributed by atoms with Crippen molar-refractivity contribution < 1.29 is 8.42 Å². The molecule has 0 spiro atoms. The highest BCUT2D eigenvalue weighted by atomic mass is 79.9. The van der Waals surface area contributed by atoms with Gasteiger partial charge in [0, 0.05) is 26.3 Å². The SMILES string of the molecule is NS(=O)(=O)c1ccc2c(c1)[C@H]1C=CC[C@H]1[C@@H](c1cc(Br)cs1)N2. The molecular formula is C16H15BrN2O2S2. The maximum Gasteiger partial charge on any atom is 0.238 e. The minimum absolute atomic E-state index is 0.175. The van der Waals surface area contributed by atoms with Crippen LogP contribution in [0.15, 0.2) is 51.2 Å². The molecule has 0 bridgehead atoms. The van der Waals surface area contributed by atoms with E-state index in [1.807, 2.05) is 6.07 Å². The zero-order valence-electron chi connectivity index (χ0n) is 12.1. The minimum Gasteiger partial charge on any atom is -0.377 e. The van der Waals surface area contributed by atoms with Crippen LogP contribution in [0.25, 0.3) is 0 Å². The van der Waals surface area contributed by atoms with E-state index in [4.69, 9.17) is 5.14 Å². The van der Waals surface area contributed by atoms with Crippen molar-refractivity contribution in [1.29, 1.82) is 0 Å². The smallest absolute Gasteiger partial charge is 0.238 e. The number of benzene rings is 1. The molecule has 23 heavy (non-hydrogen) atoms. The van der Waals surface area contributed by atoms with Crippen LogP contribution in [0.5, 0.6) is 0 Å². The predicted molar refractivity (Wildman–Crippen MR) is 96.2 cm³/mol. The first-order chi connectivity index (χ1) is 10.9. The number of nitrogens with two attached hydrogens (primary N) is 1. The van der Waals surface area contributed by atoms with Gasteiger partial charge in [-0.15, -0.1) is 11.3 Å². The van der Waals surface area contributed by atoms with Crippen molar-refractivity contribution in [1.82, 2.24) is 0 Å². The van der Waals surface area contributed by atoms with Gasteiger partial charge in [0.1, 0.15) is 0 Å². The van der Waals surface area contributed by atoms with Gasteiger partial charge in [0.05, 0.1) is 10.9 Å². The molecule has 0 radical (unpaired) electrons. The van der Waals surface area contributed by atoms with Crippen LogP contribution < -0.4 is 10.5 Å². The highest BCUT2D eigenvalue weighted by molar-refractivity contribution is 9.10. The molecule has 2 aromatic rings. The Labute approximate surface area is 147 Å². The Balaban J connectivity index is 1.80. The molecule has 4 nitrogen and oxygen atoms in total. The van der Waals surface area contributed by atoms with Crippen LogP contribution in [-0.4, -0.2) is 8.42 Å². The minimum atomic E-state index is -3.68. The second-order valence-electron chi connectivity index (χ2n) is 5.94. The third-order valence-electron chi connectivity index (χ3n) is 4.56. The average Bonchev–Trinajstić information content (AvgIpc) is 3.13. The monoisotopic (exact) mass is 410 g/mol. The standard InChI is InChI=1S/C16H15BrN2O2S2/c17-9-6-15(22-8-9)16-12-3-1-2-11(12)13-7-10(23(18,20)21)4-5-14(13)19-16/h1-2,4-8,11-12,16,19H,3H2,(H2,18,20,21)/t11-,12+,16-/m0/s1. The number of anilines is 1. The third kappa shape index (κ3) is 2.65. The predicted octanol–water partition coefficient (Wildman–Crippen LogP) is 3.98. The first kappa shape index (κ1) is 15.4. The van der Waals surface area contributed by atoms with Crippen molar-refractivity contribution in [2.75, 3.05) is 5.32 Å². The number of nitrogens with one attached hydrogen (secondary N) is 1. The Bertz CT molecular complexity index is 905. The first-order valence-electron chi connectivity index (χ1n) is 7.27. The van der Waals surface area contributed by atoms with Crippen LogP contribution in [0, 0.1) is 5.92 Å². The lowest BCUT2D eigenvalue weighted by atomic mass is 9.79. The molecule has 7 heteroatoms. The lowest BCUT2D eigenvalue weighted by Gasteiger charge is -2.37. The topological polar surface area (TPSA) is 72.2 Å². The molecular weight excluding hydrogens is 396 g/mol. The quantitative estimate of drug-likeness (QED) is 0.735. The van der Waals surface area contributed by atoms with Crippen molar-refractivity contribution in [2.45, 2.75) is 23.3 Å². The molecule has 0 unspecified atom stereocenters. The normalized spacial score (nSPS) is 25.7. The van der Waals surface area contributed by atoms with Crippen molar-refractivity contribution in [3.05, 3.63) is 56.7 Å². The zero-order valence-corrected chi connectivity index (χ0v) is 15.3. The summed E-state index contributed by atoms with van der Waals surface area (Å²) >= 11 is 5.25. The van der Waals surface area contributed by atoms with Crippen LogP contribution in [0.4, 0.5) is 5.69 Å². The van der Waals surface area contributed by atoms with Gasteiger partial charge in [0.15, 0.2) is 0 Å². The summed E-state index contributed by atoms with van der Waals surface area (Å²) in [5.41, 5.74) is 2.00. The Kier molecular flexibility index (Phi) is 3.64. The maximum absolute atomic E-state index is 11.6. The average molecular weight is 411 g/mol. The number of halogens is 1. The maximum atomic E-state index is 11.6. The summed E-state index contributed by atoms with van der Waals surface area (Å²) in [6.07, 6.45) is 5.36. The number of allylic oxidation sites excluding steroid dienone is 2. The van der Waals surface area contributed by atoms with E-state index in [1.54, 1.807) is 23.5 Å². The zero-order chi connectivity index (χ0) is 16.2. The Morgan fingerprint density at radius 1 is 1.30 bits per heavy atom. The molecule has 1 aliphatic carbocycles. The summed E-state index contributed by atoms with van der Waals surface area (Å²) in [6, 6.07) is 7.50. The lowest BCUT2D eigenvalue weighted by Crippen LogP contribution is -2.28. The molecule has 0 amide bonds. The third-order valence-corrected chi connectivity index (χ3v) is 7.24. The van der Waals surface area contributed by atoms with E-state index in [9.17, 15) is 8.42 Å². The molecule has 2 aliphatic rings. The van der Waals surface area contributed by atoms with E-state index in [2.05, 4.69) is 44.8 Å². The van der Waals surface area contributed by atoms with Crippen molar-refractivity contribution in [2.24, 2.45) is 11.1 Å². The summed E-state index contributed by atoms with van der Waals surface area (Å²) < 4.78 is 24.4. The van der Waals surface area contributed by atoms with Crippen LogP contribution >= 0.6 is 27.3 Å². The number of thiophene rings is 1. The lowest BCUT2D eigenvalue weighted by molar-refractivity contribution is 0.429. The van der Waals surface area contributed by atoms with Crippen molar-refractivity contribution >= 4 is 43.0 Å². The fourth-order valence-corrected chi connectivity index (χ4v) is 5.64.